The smallest absolute Gasteiger partial charge is 0.135 e. The first kappa shape index (κ1) is 11.5. The van der Waals surface area contributed by atoms with E-state index in [0.717, 1.165) is 22.3 Å². The number of nitrogens with zero attached hydrogens (tertiary/aromatic N) is 1. The standard InChI is InChI=1S/C17H13NO/c1-2-19-16-10-9-13-6-3-4-8-15(13)17(16)14-7-5-11-18-12-14/h2-12H,1H2. The molecule has 0 bridgehead atoms. The largest absolute Gasteiger partial charge is 0.465 e. The number of ether oxygens (including phenoxy) is 1. The zero-order valence-corrected chi connectivity index (χ0v) is 10.4. The predicted octanol–water partition coefficient (Wildman–Crippen LogP) is 4.42. The summed E-state index contributed by atoms with van der Waals surface area (Å²) >= 11 is 0. The molecule has 3 rings (SSSR count). The Balaban J connectivity index is 2.35. The van der Waals surface area contributed by atoms with Crippen molar-refractivity contribution >= 4 is 10.8 Å². The van der Waals surface area contributed by atoms with Gasteiger partial charge in [0, 0.05) is 23.5 Å². The normalized spacial score (nSPS) is 10.3. The zero-order valence-electron chi connectivity index (χ0n) is 10.4. The maximum atomic E-state index is 5.54. The maximum Gasteiger partial charge on any atom is 0.135 e. The van der Waals surface area contributed by atoms with Crippen LogP contribution in [0.2, 0.25) is 0 Å². The van der Waals surface area contributed by atoms with Crippen LogP contribution in [0, 0.1) is 0 Å². The molecular weight excluding hydrogens is 234 g/mol. The topological polar surface area (TPSA) is 22.1 Å². The van der Waals surface area contributed by atoms with E-state index in [1.54, 1.807) is 6.20 Å². The summed E-state index contributed by atoms with van der Waals surface area (Å²) < 4.78 is 5.54. The van der Waals surface area contributed by atoms with E-state index in [1.807, 2.05) is 42.6 Å². The van der Waals surface area contributed by atoms with Gasteiger partial charge < -0.3 is 4.74 Å². The van der Waals surface area contributed by atoms with Gasteiger partial charge in [0.15, 0.2) is 0 Å². The Bertz CT molecular complexity index is 720. The Labute approximate surface area is 112 Å². The Morgan fingerprint density at radius 2 is 1.89 bits per heavy atom. The van der Waals surface area contributed by atoms with Gasteiger partial charge in [-0.15, -0.1) is 0 Å². The van der Waals surface area contributed by atoms with Gasteiger partial charge in [0.05, 0.1) is 6.26 Å². The van der Waals surface area contributed by atoms with Crippen molar-refractivity contribution in [3.63, 3.8) is 0 Å². The molecular formula is C17H13NO. The molecule has 0 amide bonds. The summed E-state index contributed by atoms with van der Waals surface area (Å²) in [6, 6.07) is 16.2. The number of rotatable bonds is 3. The third-order valence-corrected chi connectivity index (χ3v) is 3.05. The summed E-state index contributed by atoms with van der Waals surface area (Å²) in [6.07, 6.45) is 5.06. The first-order valence-electron chi connectivity index (χ1n) is 6.10. The summed E-state index contributed by atoms with van der Waals surface area (Å²) in [5.41, 5.74) is 2.09. The minimum atomic E-state index is 0.793. The number of aromatic nitrogens is 1. The molecule has 0 N–H and O–H groups in total. The Kier molecular flexibility index (Phi) is 2.99. The van der Waals surface area contributed by atoms with E-state index in [0.29, 0.717) is 0 Å². The molecule has 3 aromatic rings. The Hall–Kier alpha value is -2.61. The molecule has 0 saturated carbocycles. The maximum absolute atomic E-state index is 5.54. The molecule has 0 aliphatic heterocycles. The Morgan fingerprint density at radius 1 is 1.00 bits per heavy atom. The summed E-state index contributed by atoms with van der Waals surface area (Å²) in [6.45, 7) is 3.63. The van der Waals surface area contributed by atoms with E-state index in [-0.39, 0.29) is 0 Å². The van der Waals surface area contributed by atoms with Crippen molar-refractivity contribution in [1.82, 2.24) is 4.98 Å². The number of benzene rings is 2. The molecule has 0 saturated heterocycles. The fraction of sp³-hybridized carbons (Fsp3) is 0. The summed E-state index contributed by atoms with van der Waals surface area (Å²) in [7, 11) is 0. The number of hydrogen-bond acceptors (Lipinski definition) is 2. The average molecular weight is 247 g/mol. The Morgan fingerprint density at radius 3 is 2.68 bits per heavy atom. The molecule has 0 spiro atoms. The number of pyridine rings is 1. The van der Waals surface area contributed by atoms with E-state index >= 15 is 0 Å². The van der Waals surface area contributed by atoms with Gasteiger partial charge in [0.25, 0.3) is 0 Å². The molecule has 0 aliphatic rings. The van der Waals surface area contributed by atoms with Crippen molar-refractivity contribution < 1.29 is 4.74 Å². The van der Waals surface area contributed by atoms with Crippen LogP contribution in [0.25, 0.3) is 21.9 Å². The van der Waals surface area contributed by atoms with Crippen molar-refractivity contribution in [1.29, 1.82) is 0 Å². The van der Waals surface area contributed by atoms with Crippen LogP contribution in [0.15, 0.2) is 73.8 Å². The van der Waals surface area contributed by atoms with Gasteiger partial charge in [-0.3, -0.25) is 4.98 Å². The van der Waals surface area contributed by atoms with E-state index < -0.39 is 0 Å². The van der Waals surface area contributed by atoms with Crippen molar-refractivity contribution in [3.8, 4) is 16.9 Å². The molecule has 2 nitrogen and oxygen atoms in total. The van der Waals surface area contributed by atoms with E-state index in [4.69, 9.17) is 4.74 Å². The average Bonchev–Trinajstić information content (AvgIpc) is 2.48. The molecule has 2 heteroatoms. The van der Waals surface area contributed by atoms with Crippen LogP contribution in [0.3, 0.4) is 0 Å². The summed E-state index contributed by atoms with van der Waals surface area (Å²) in [5, 5.41) is 2.33. The first-order valence-corrected chi connectivity index (χ1v) is 6.10. The lowest BCUT2D eigenvalue weighted by atomic mass is 9.98. The second-order valence-corrected chi connectivity index (χ2v) is 4.19. The van der Waals surface area contributed by atoms with Crippen molar-refractivity contribution in [2.45, 2.75) is 0 Å². The molecule has 19 heavy (non-hydrogen) atoms. The molecule has 2 aromatic carbocycles. The molecule has 1 aromatic heterocycles. The molecule has 92 valence electrons. The van der Waals surface area contributed by atoms with Crippen LogP contribution < -0.4 is 4.74 Å². The van der Waals surface area contributed by atoms with Gasteiger partial charge in [0.1, 0.15) is 5.75 Å². The quantitative estimate of drug-likeness (QED) is 0.639. The highest BCUT2D eigenvalue weighted by atomic mass is 16.5. The van der Waals surface area contributed by atoms with Crippen LogP contribution in [0.1, 0.15) is 0 Å². The molecule has 0 atom stereocenters. The highest BCUT2D eigenvalue weighted by Crippen LogP contribution is 2.36. The van der Waals surface area contributed by atoms with Crippen molar-refractivity contribution in [2.24, 2.45) is 0 Å². The summed E-state index contributed by atoms with van der Waals surface area (Å²) in [5.74, 6) is 0.793. The fourth-order valence-electron chi connectivity index (χ4n) is 2.25. The van der Waals surface area contributed by atoms with E-state index in [1.165, 1.54) is 11.6 Å². The van der Waals surface area contributed by atoms with Crippen molar-refractivity contribution in [3.05, 3.63) is 73.8 Å². The van der Waals surface area contributed by atoms with Gasteiger partial charge >= 0.3 is 0 Å². The predicted molar refractivity (Wildman–Crippen MR) is 78.0 cm³/mol. The van der Waals surface area contributed by atoms with Crippen LogP contribution in [0.4, 0.5) is 0 Å². The molecule has 1 heterocycles. The first-order chi connectivity index (χ1) is 9.40. The van der Waals surface area contributed by atoms with Gasteiger partial charge in [0.2, 0.25) is 0 Å². The van der Waals surface area contributed by atoms with Gasteiger partial charge in [-0.2, -0.15) is 0 Å². The number of hydrogen-bond donors (Lipinski definition) is 0. The van der Waals surface area contributed by atoms with Crippen LogP contribution in [-0.4, -0.2) is 4.98 Å². The second-order valence-electron chi connectivity index (χ2n) is 4.19. The lowest BCUT2D eigenvalue weighted by Gasteiger charge is -2.12. The molecule has 0 unspecified atom stereocenters. The van der Waals surface area contributed by atoms with E-state index in [9.17, 15) is 0 Å². The van der Waals surface area contributed by atoms with Crippen LogP contribution in [0.5, 0.6) is 5.75 Å². The third-order valence-electron chi connectivity index (χ3n) is 3.05. The lowest BCUT2D eigenvalue weighted by Crippen LogP contribution is -1.89. The van der Waals surface area contributed by atoms with Crippen molar-refractivity contribution in [2.75, 3.05) is 0 Å². The molecule has 0 fully saturated rings. The SMILES string of the molecule is C=COc1ccc2ccccc2c1-c1cccnc1. The fourth-order valence-corrected chi connectivity index (χ4v) is 2.25. The third kappa shape index (κ3) is 2.08. The minimum Gasteiger partial charge on any atom is -0.465 e. The second kappa shape index (κ2) is 4.94. The molecule has 0 aliphatic carbocycles. The van der Waals surface area contributed by atoms with Gasteiger partial charge in [-0.05, 0) is 22.9 Å². The molecule has 0 radical (unpaired) electrons. The van der Waals surface area contributed by atoms with Gasteiger partial charge in [-0.1, -0.05) is 43.0 Å². The van der Waals surface area contributed by atoms with E-state index in [2.05, 4.69) is 23.7 Å². The van der Waals surface area contributed by atoms with Gasteiger partial charge in [-0.25, -0.2) is 0 Å². The minimum absolute atomic E-state index is 0.793. The summed E-state index contributed by atoms with van der Waals surface area (Å²) in [4.78, 5) is 4.19. The monoisotopic (exact) mass is 247 g/mol. The van der Waals surface area contributed by atoms with Crippen LogP contribution in [-0.2, 0) is 0 Å². The van der Waals surface area contributed by atoms with Crippen LogP contribution >= 0.6 is 0 Å². The number of fused-ring (bicyclic) bond motifs is 1. The highest BCUT2D eigenvalue weighted by Gasteiger charge is 2.10. The highest BCUT2D eigenvalue weighted by molar-refractivity contribution is 5.99. The zero-order chi connectivity index (χ0) is 13.1. The lowest BCUT2D eigenvalue weighted by molar-refractivity contribution is 0.486.